The third kappa shape index (κ3) is 4.70. The largest absolute Gasteiger partial charge is 0.465 e. The van der Waals surface area contributed by atoms with Crippen molar-refractivity contribution >= 4 is 14.4 Å². The molecule has 2 saturated carbocycles. The van der Waals surface area contributed by atoms with Gasteiger partial charge in [-0.05, 0) is 76.4 Å². The molecule has 0 aromatic carbocycles. The van der Waals surface area contributed by atoms with Gasteiger partial charge in [0.1, 0.15) is 0 Å². The van der Waals surface area contributed by atoms with Crippen molar-refractivity contribution in [3.05, 3.63) is 0 Å². The normalized spacial score (nSPS) is 32.3. The van der Waals surface area contributed by atoms with Crippen LogP contribution in [0.3, 0.4) is 0 Å². The van der Waals surface area contributed by atoms with Crippen LogP contribution in [0.25, 0.3) is 0 Å². The van der Waals surface area contributed by atoms with Gasteiger partial charge in [-0.2, -0.15) is 0 Å². The number of carboxylic acid groups (broad SMARTS) is 1. The van der Waals surface area contributed by atoms with Crippen molar-refractivity contribution in [3.8, 4) is 0 Å². The predicted molar refractivity (Wildman–Crippen MR) is 111 cm³/mol. The summed E-state index contributed by atoms with van der Waals surface area (Å²) in [6.45, 7) is 17.4. The zero-order valence-corrected chi connectivity index (χ0v) is 19.6. The van der Waals surface area contributed by atoms with Crippen LogP contribution in [0.1, 0.15) is 67.2 Å². The van der Waals surface area contributed by atoms with Gasteiger partial charge in [0.2, 0.25) is 0 Å². The van der Waals surface area contributed by atoms with E-state index in [1.165, 1.54) is 0 Å². The number of carbonyl (C=O) groups is 1. The summed E-state index contributed by atoms with van der Waals surface area (Å²) in [5, 5.41) is 20.0. The molecular formula is C21H41NO4Si. The average molecular weight is 400 g/mol. The fraction of sp³-hybridized carbons (Fsp3) is 0.952. The Morgan fingerprint density at radius 1 is 1.11 bits per heavy atom. The van der Waals surface area contributed by atoms with Crippen molar-refractivity contribution in [3.63, 3.8) is 0 Å². The molecular weight excluding hydrogens is 358 g/mol. The number of aliphatic hydroxyl groups excluding tert-OH is 1. The zero-order chi connectivity index (χ0) is 20.8. The van der Waals surface area contributed by atoms with Crippen LogP contribution in [0.15, 0.2) is 0 Å². The number of amides is 1. The number of rotatable bonds is 4. The molecule has 2 fully saturated rings. The van der Waals surface area contributed by atoms with Crippen molar-refractivity contribution in [1.29, 1.82) is 0 Å². The van der Waals surface area contributed by atoms with E-state index in [0.29, 0.717) is 11.8 Å². The first kappa shape index (κ1) is 22.7. The van der Waals surface area contributed by atoms with Crippen molar-refractivity contribution in [2.75, 3.05) is 6.61 Å². The van der Waals surface area contributed by atoms with Gasteiger partial charge in [-0.1, -0.05) is 20.8 Å². The van der Waals surface area contributed by atoms with E-state index in [4.69, 9.17) is 4.43 Å². The first-order valence-corrected chi connectivity index (χ1v) is 13.4. The monoisotopic (exact) mass is 399 g/mol. The van der Waals surface area contributed by atoms with E-state index in [1.54, 1.807) is 4.90 Å². The van der Waals surface area contributed by atoms with E-state index in [2.05, 4.69) is 33.9 Å². The zero-order valence-electron chi connectivity index (χ0n) is 18.6. The first-order valence-electron chi connectivity index (χ1n) is 10.5. The number of hydrogen-bond acceptors (Lipinski definition) is 3. The van der Waals surface area contributed by atoms with Gasteiger partial charge in [0.15, 0.2) is 8.32 Å². The smallest absolute Gasteiger partial charge is 0.407 e. The molecule has 27 heavy (non-hydrogen) atoms. The Kier molecular flexibility index (Phi) is 6.45. The third-order valence-corrected chi connectivity index (χ3v) is 11.8. The number of fused-ring (bicyclic) bond motifs is 1. The van der Waals surface area contributed by atoms with Gasteiger partial charge in [-0.15, -0.1) is 0 Å². The minimum Gasteiger partial charge on any atom is -0.465 e. The molecule has 0 radical (unpaired) electrons. The van der Waals surface area contributed by atoms with Crippen LogP contribution in [-0.4, -0.2) is 53.8 Å². The molecule has 2 aliphatic rings. The van der Waals surface area contributed by atoms with Crippen molar-refractivity contribution in [1.82, 2.24) is 4.90 Å². The van der Waals surface area contributed by atoms with E-state index >= 15 is 0 Å². The SMILES string of the molecule is CC(C)(C)N(C(=O)O)C1CC[C@@H]2[C@@H](C1)C[C@H](O[Si](C)(C)C(C)(C)C)[C@H]2CO. The standard InChI is InChI=1S/C21H41NO4Si/c1-20(2,3)22(19(24)25)15-9-10-16-14(11-15)12-18(17(16)13-23)26-27(7,8)21(4,5)6/h14-18,23H,9-13H2,1-8H3,(H,24,25)/t14-,15?,16+,17-,18-/m0/s1. The van der Waals surface area contributed by atoms with Crippen molar-refractivity contribution in [2.24, 2.45) is 17.8 Å². The van der Waals surface area contributed by atoms with Gasteiger partial charge >= 0.3 is 6.09 Å². The molecule has 1 unspecified atom stereocenters. The minimum absolute atomic E-state index is 0.0646. The summed E-state index contributed by atoms with van der Waals surface area (Å²) in [5.74, 6) is 1.09. The summed E-state index contributed by atoms with van der Waals surface area (Å²) in [4.78, 5) is 13.5. The van der Waals surface area contributed by atoms with Gasteiger partial charge in [0, 0.05) is 24.1 Å². The molecule has 2 rings (SSSR count). The molecule has 0 aromatic rings. The summed E-state index contributed by atoms with van der Waals surface area (Å²) in [5.41, 5.74) is -0.393. The van der Waals surface area contributed by atoms with Crippen molar-refractivity contribution < 1.29 is 19.4 Å². The lowest BCUT2D eigenvalue weighted by Crippen LogP contribution is -2.53. The van der Waals surface area contributed by atoms with Crippen LogP contribution in [-0.2, 0) is 4.43 Å². The number of aliphatic hydroxyl groups is 1. The quantitative estimate of drug-likeness (QED) is 0.656. The summed E-state index contributed by atoms with van der Waals surface area (Å²) in [7, 11) is -1.89. The van der Waals surface area contributed by atoms with Crippen LogP contribution >= 0.6 is 0 Å². The molecule has 0 spiro atoms. The fourth-order valence-electron chi connectivity index (χ4n) is 5.02. The Labute approximate surface area is 166 Å². The highest BCUT2D eigenvalue weighted by molar-refractivity contribution is 6.74. The Bertz CT molecular complexity index is 537. The maximum Gasteiger partial charge on any atom is 0.407 e. The molecule has 6 heteroatoms. The maximum atomic E-state index is 11.9. The topological polar surface area (TPSA) is 70.0 Å². The van der Waals surface area contributed by atoms with E-state index in [-0.39, 0.29) is 29.7 Å². The summed E-state index contributed by atoms with van der Waals surface area (Å²) in [6.07, 6.45) is 3.00. The highest BCUT2D eigenvalue weighted by atomic mass is 28.4. The second kappa shape index (κ2) is 7.67. The number of hydrogen-bond donors (Lipinski definition) is 2. The fourth-order valence-corrected chi connectivity index (χ4v) is 6.40. The predicted octanol–water partition coefficient (Wildman–Crippen LogP) is 4.95. The van der Waals surface area contributed by atoms with Crippen LogP contribution < -0.4 is 0 Å². The van der Waals surface area contributed by atoms with Crippen LogP contribution in [0, 0.1) is 17.8 Å². The highest BCUT2D eigenvalue weighted by Gasteiger charge is 2.51. The van der Waals surface area contributed by atoms with E-state index in [9.17, 15) is 15.0 Å². The summed E-state index contributed by atoms with van der Waals surface area (Å²) in [6, 6.07) is 0.0646. The molecule has 0 aromatic heterocycles. The third-order valence-electron chi connectivity index (χ3n) is 7.33. The summed E-state index contributed by atoms with van der Waals surface area (Å²) < 4.78 is 6.72. The molecule has 0 aliphatic heterocycles. The second-order valence-corrected chi connectivity index (χ2v) is 16.0. The van der Waals surface area contributed by atoms with Crippen molar-refractivity contribution in [2.45, 2.75) is 103 Å². The average Bonchev–Trinajstić information content (AvgIpc) is 2.79. The van der Waals surface area contributed by atoms with Gasteiger partial charge in [0.05, 0.1) is 6.10 Å². The number of nitrogens with zero attached hydrogens (tertiary/aromatic N) is 1. The van der Waals surface area contributed by atoms with E-state index in [0.717, 1.165) is 25.7 Å². The Morgan fingerprint density at radius 3 is 2.15 bits per heavy atom. The molecule has 158 valence electrons. The maximum absolute atomic E-state index is 11.9. The van der Waals surface area contributed by atoms with Gasteiger partial charge in [0.25, 0.3) is 0 Å². The highest BCUT2D eigenvalue weighted by Crippen LogP contribution is 2.50. The Morgan fingerprint density at radius 2 is 1.70 bits per heavy atom. The van der Waals surface area contributed by atoms with Crippen LogP contribution in [0.5, 0.6) is 0 Å². The lowest BCUT2D eigenvalue weighted by atomic mass is 9.75. The van der Waals surface area contributed by atoms with Gasteiger partial charge in [-0.3, -0.25) is 0 Å². The lowest BCUT2D eigenvalue weighted by Gasteiger charge is -2.44. The molecule has 5 nitrogen and oxygen atoms in total. The van der Waals surface area contributed by atoms with Crippen LogP contribution in [0.4, 0.5) is 4.79 Å². The molecule has 5 atom stereocenters. The van der Waals surface area contributed by atoms with Gasteiger partial charge in [-0.25, -0.2) is 4.79 Å². The minimum atomic E-state index is -1.89. The van der Waals surface area contributed by atoms with E-state index in [1.807, 2.05) is 20.8 Å². The lowest BCUT2D eigenvalue weighted by molar-refractivity contribution is 0.0283. The Hall–Kier alpha value is -0.593. The summed E-state index contributed by atoms with van der Waals surface area (Å²) >= 11 is 0. The molecule has 1 amide bonds. The molecule has 2 N–H and O–H groups in total. The molecule has 0 bridgehead atoms. The molecule has 0 heterocycles. The van der Waals surface area contributed by atoms with E-state index < -0.39 is 19.9 Å². The Balaban J connectivity index is 2.15. The molecule has 2 aliphatic carbocycles. The molecule has 0 saturated heterocycles. The second-order valence-electron chi connectivity index (χ2n) is 11.2. The van der Waals surface area contributed by atoms with Gasteiger partial charge < -0.3 is 19.5 Å². The first-order chi connectivity index (χ1) is 12.2. The van der Waals surface area contributed by atoms with Crippen LogP contribution in [0.2, 0.25) is 18.1 Å².